The third-order valence-electron chi connectivity index (χ3n) is 3.21. The molecule has 0 saturated heterocycles. The molecule has 2 aromatic carbocycles. The number of hydrogen-bond donors (Lipinski definition) is 1. The Balaban J connectivity index is 2.21. The average Bonchev–Trinajstić information content (AvgIpc) is 2.48. The third-order valence-corrected chi connectivity index (χ3v) is 3.70. The predicted molar refractivity (Wildman–Crippen MR) is 85.7 cm³/mol. The fourth-order valence-electron chi connectivity index (χ4n) is 2.04. The zero-order valence-corrected chi connectivity index (χ0v) is 13.8. The van der Waals surface area contributed by atoms with E-state index in [0.29, 0.717) is 23.6 Å². The highest BCUT2D eigenvalue weighted by atomic mass is 79.9. The number of methoxy groups -OCH3 is 2. The third kappa shape index (κ3) is 3.67. The molecule has 1 N–H and O–H groups in total. The summed E-state index contributed by atoms with van der Waals surface area (Å²) in [4.78, 5) is 0. The lowest BCUT2D eigenvalue weighted by Gasteiger charge is -2.14. The number of nitrogens with one attached hydrogen (secondary N) is 1. The lowest BCUT2D eigenvalue weighted by Crippen LogP contribution is -2.04. The summed E-state index contributed by atoms with van der Waals surface area (Å²) in [5.74, 6) is 1.08. The molecular weight excluding hydrogens is 337 g/mol. The molecule has 0 spiro atoms. The van der Waals surface area contributed by atoms with Crippen LogP contribution in [0.2, 0.25) is 0 Å². The van der Waals surface area contributed by atoms with Crippen LogP contribution in [-0.4, -0.2) is 14.2 Å². The minimum absolute atomic E-state index is 0.233. The Hall–Kier alpha value is -1.75. The molecule has 0 bridgehead atoms. The van der Waals surface area contributed by atoms with Crippen LogP contribution < -0.4 is 14.8 Å². The van der Waals surface area contributed by atoms with Crippen LogP contribution in [0.5, 0.6) is 11.5 Å². The van der Waals surface area contributed by atoms with Gasteiger partial charge in [-0.3, -0.25) is 0 Å². The Labute approximate surface area is 132 Å². The van der Waals surface area contributed by atoms with Crippen molar-refractivity contribution in [2.75, 3.05) is 19.5 Å². The zero-order valence-electron chi connectivity index (χ0n) is 12.2. The molecule has 21 heavy (non-hydrogen) atoms. The molecule has 0 amide bonds. The number of ether oxygens (including phenoxy) is 2. The summed E-state index contributed by atoms with van der Waals surface area (Å²) >= 11 is 3.35. The van der Waals surface area contributed by atoms with E-state index in [9.17, 15) is 4.39 Å². The summed E-state index contributed by atoms with van der Waals surface area (Å²) in [5, 5.41) is 3.23. The minimum Gasteiger partial charge on any atom is -0.493 e. The average molecular weight is 354 g/mol. The highest BCUT2D eigenvalue weighted by molar-refractivity contribution is 9.10. The van der Waals surface area contributed by atoms with Crippen LogP contribution in [0.1, 0.15) is 11.1 Å². The SMILES string of the molecule is COc1cc(C)c(NCc2cc(Br)ccc2F)cc1OC. The molecule has 0 aromatic heterocycles. The van der Waals surface area contributed by atoms with Crippen molar-refractivity contribution in [1.82, 2.24) is 0 Å². The first-order valence-electron chi connectivity index (χ1n) is 6.45. The molecule has 112 valence electrons. The Morgan fingerprint density at radius 3 is 2.43 bits per heavy atom. The van der Waals surface area contributed by atoms with Crippen molar-refractivity contribution in [2.45, 2.75) is 13.5 Å². The molecule has 0 heterocycles. The first kappa shape index (κ1) is 15.6. The van der Waals surface area contributed by atoms with Crippen molar-refractivity contribution in [1.29, 1.82) is 0 Å². The zero-order chi connectivity index (χ0) is 15.4. The second-order valence-electron chi connectivity index (χ2n) is 4.61. The van der Waals surface area contributed by atoms with Gasteiger partial charge in [-0.2, -0.15) is 0 Å². The van der Waals surface area contributed by atoms with E-state index in [1.165, 1.54) is 6.07 Å². The van der Waals surface area contributed by atoms with Crippen molar-refractivity contribution < 1.29 is 13.9 Å². The Kier molecular flexibility index (Phi) is 5.07. The van der Waals surface area contributed by atoms with E-state index in [1.807, 2.05) is 19.1 Å². The largest absolute Gasteiger partial charge is 0.493 e. The second kappa shape index (κ2) is 6.80. The summed E-state index contributed by atoms with van der Waals surface area (Å²) in [6.07, 6.45) is 0. The van der Waals surface area contributed by atoms with Crippen LogP contribution in [0, 0.1) is 12.7 Å². The summed E-state index contributed by atoms with van der Waals surface area (Å²) in [6, 6.07) is 8.63. The summed E-state index contributed by atoms with van der Waals surface area (Å²) < 4.78 is 25.1. The van der Waals surface area contributed by atoms with Gasteiger partial charge in [0.15, 0.2) is 11.5 Å². The van der Waals surface area contributed by atoms with Gasteiger partial charge in [0.1, 0.15) is 5.82 Å². The molecular formula is C16H17BrFNO2. The van der Waals surface area contributed by atoms with Gasteiger partial charge in [-0.1, -0.05) is 15.9 Å². The van der Waals surface area contributed by atoms with Gasteiger partial charge in [-0.15, -0.1) is 0 Å². The van der Waals surface area contributed by atoms with Gasteiger partial charge in [0.2, 0.25) is 0 Å². The van der Waals surface area contributed by atoms with Crippen LogP contribution >= 0.6 is 15.9 Å². The van der Waals surface area contributed by atoms with E-state index in [2.05, 4.69) is 21.2 Å². The lowest BCUT2D eigenvalue weighted by molar-refractivity contribution is 0.355. The molecule has 0 aliphatic heterocycles. The smallest absolute Gasteiger partial charge is 0.162 e. The first-order chi connectivity index (χ1) is 10.0. The number of hydrogen-bond acceptors (Lipinski definition) is 3. The molecule has 0 aliphatic carbocycles. The maximum Gasteiger partial charge on any atom is 0.162 e. The standard InChI is InChI=1S/C16H17BrFNO2/c1-10-6-15(20-2)16(21-3)8-14(10)19-9-11-7-12(17)4-5-13(11)18/h4-8,19H,9H2,1-3H3. The number of anilines is 1. The van der Waals surface area contributed by atoms with Crippen LogP contribution in [0.25, 0.3) is 0 Å². The van der Waals surface area contributed by atoms with Crippen molar-refractivity contribution >= 4 is 21.6 Å². The van der Waals surface area contributed by atoms with Gasteiger partial charge in [-0.25, -0.2) is 4.39 Å². The van der Waals surface area contributed by atoms with Crippen LogP contribution in [0.3, 0.4) is 0 Å². The maximum atomic E-state index is 13.7. The van der Waals surface area contributed by atoms with Crippen LogP contribution in [0.4, 0.5) is 10.1 Å². The molecule has 0 saturated carbocycles. The molecule has 2 rings (SSSR count). The molecule has 0 aliphatic rings. The molecule has 0 atom stereocenters. The molecule has 5 heteroatoms. The van der Waals surface area contributed by atoms with E-state index >= 15 is 0 Å². The molecule has 0 fully saturated rings. The monoisotopic (exact) mass is 353 g/mol. The normalized spacial score (nSPS) is 10.3. The van der Waals surface area contributed by atoms with E-state index < -0.39 is 0 Å². The van der Waals surface area contributed by atoms with Crippen LogP contribution in [-0.2, 0) is 6.54 Å². The molecule has 0 radical (unpaired) electrons. The second-order valence-corrected chi connectivity index (χ2v) is 5.53. The number of halogens is 2. The fourth-order valence-corrected chi connectivity index (χ4v) is 2.45. The summed E-state index contributed by atoms with van der Waals surface area (Å²) in [5.41, 5.74) is 2.48. The van der Waals surface area contributed by atoms with Gasteiger partial charge in [0.25, 0.3) is 0 Å². The van der Waals surface area contributed by atoms with E-state index in [4.69, 9.17) is 9.47 Å². The van der Waals surface area contributed by atoms with Crippen molar-refractivity contribution in [2.24, 2.45) is 0 Å². The first-order valence-corrected chi connectivity index (χ1v) is 7.25. The Bertz CT molecular complexity index is 646. The fraction of sp³-hybridized carbons (Fsp3) is 0.250. The number of benzene rings is 2. The number of rotatable bonds is 5. The highest BCUT2D eigenvalue weighted by Crippen LogP contribution is 2.33. The van der Waals surface area contributed by atoms with E-state index in [0.717, 1.165) is 15.7 Å². The minimum atomic E-state index is -0.233. The summed E-state index contributed by atoms with van der Waals surface area (Å²) in [6.45, 7) is 2.35. The van der Waals surface area contributed by atoms with Gasteiger partial charge in [-0.05, 0) is 36.8 Å². The number of aryl methyl sites for hydroxylation is 1. The van der Waals surface area contributed by atoms with Crippen molar-refractivity contribution in [3.63, 3.8) is 0 Å². The highest BCUT2D eigenvalue weighted by Gasteiger charge is 2.09. The van der Waals surface area contributed by atoms with Gasteiger partial charge in [0.05, 0.1) is 14.2 Å². The topological polar surface area (TPSA) is 30.5 Å². The molecule has 2 aromatic rings. The van der Waals surface area contributed by atoms with Crippen LogP contribution in [0.15, 0.2) is 34.8 Å². The van der Waals surface area contributed by atoms with Gasteiger partial charge in [0, 0.05) is 28.3 Å². The predicted octanol–water partition coefficient (Wildman–Crippen LogP) is 4.53. The molecule has 0 unspecified atom stereocenters. The van der Waals surface area contributed by atoms with Crippen molar-refractivity contribution in [3.8, 4) is 11.5 Å². The molecule has 3 nitrogen and oxygen atoms in total. The summed E-state index contributed by atoms with van der Waals surface area (Å²) in [7, 11) is 3.19. The van der Waals surface area contributed by atoms with E-state index in [-0.39, 0.29) is 5.82 Å². The van der Waals surface area contributed by atoms with Gasteiger partial charge >= 0.3 is 0 Å². The van der Waals surface area contributed by atoms with Crippen molar-refractivity contribution in [3.05, 3.63) is 51.7 Å². The Morgan fingerprint density at radius 2 is 1.76 bits per heavy atom. The quantitative estimate of drug-likeness (QED) is 0.856. The van der Waals surface area contributed by atoms with E-state index in [1.54, 1.807) is 26.4 Å². The Morgan fingerprint density at radius 1 is 1.10 bits per heavy atom. The maximum absolute atomic E-state index is 13.7. The lowest BCUT2D eigenvalue weighted by atomic mass is 10.1. The van der Waals surface area contributed by atoms with Gasteiger partial charge < -0.3 is 14.8 Å².